The Hall–Kier alpha value is -0.0900. The minimum Gasteiger partial charge on any atom is -0.260 e. The number of thioether (sulfide) groups is 1. The molecular formula is C9H11BrN2S. The highest BCUT2D eigenvalue weighted by atomic mass is 79.9. The van der Waals surface area contributed by atoms with Gasteiger partial charge in [-0.3, -0.25) is 4.98 Å². The summed E-state index contributed by atoms with van der Waals surface area (Å²) in [5.41, 5.74) is 0.558. The van der Waals surface area contributed by atoms with Crippen LogP contribution in [0.1, 0.15) is 12.8 Å². The first-order chi connectivity index (χ1) is 6.35. The molecule has 0 saturated heterocycles. The SMILES string of the molecule is BrCC1(CSc2cnccn2)CC1. The van der Waals surface area contributed by atoms with E-state index >= 15 is 0 Å². The first-order valence-corrected chi connectivity index (χ1v) is 6.40. The molecule has 13 heavy (non-hydrogen) atoms. The van der Waals surface area contributed by atoms with Crippen LogP contribution >= 0.6 is 27.7 Å². The van der Waals surface area contributed by atoms with Crippen molar-refractivity contribution < 1.29 is 0 Å². The molecule has 1 fully saturated rings. The van der Waals surface area contributed by atoms with Gasteiger partial charge in [0.25, 0.3) is 0 Å². The number of rotatable bonds is 4. The summed E-state index contributed by atoms with van der Waals surface area (Å²) >= 11 is 5.37. The van der Waals surface area contributed by atoms with Gasteiger partial charge in [0.1, 0.15) is 5.03 Å². The van der Waals surface area contributed by atoms with Crippen LogP contribution in [0.25, 0.3) is 0 Å². The lowest BCUT2D eigenvalue weighted by Gasteiger charge is -2.08. The van der Waals surface area contributed by atoms with Crippen LogP contribution in [0.15, 0.2) is 23.6 Å². The largest absolute Gasteiger partial charge is 0.260 e. The molecule has 0 atom stereocenters. The molecule has 4 heteroatoms. The van der Waals surface area contributed by atoms with Gasteiger partial charge in [-0.15, -0.1) is 11.8 Å². The fraction of sp³-hybridized carbons (Fsp3) is 0.556. The average Bonchev–Trinajstić information content (AvgIpc) is 2.97. The Bertz CT molecular complexity index is 274. The van der Waals surface area contributed by atoms with Gasteiger partial charge in [-0.05, 0) is 18.3 Å². The second kappa shape index (κ2) is 3.96. The van der Waals surface area contributed by atoms with Gasteiger partial charge in [-0.1, -0.05) is 15.9 Å². The van der Waals surface area contributed by atoms with Gasteiger partial charge in [0.2, 0.25) is 0 Å². The second-order valence-electron chi connectivity index (χ2n) is 3.47. The Morgan fingerprint density at radius 2 is 2.31 bits per heavy atom. The number of nitrogens with zero attached hydrogens (tertiary/aromatic N) is 2. The quantitative estimate of drug-likeness (QED) is 0.614. The van der Waals surface area contributed by atoms with Crippen molar-refractivity contribution >= 4 is 27.7 Å². The van der Waals surface area contributed by atoms with E-state index in [1.165, 1.54) is 12.8 Å². The molecule has 1 aliphatic rings. The molecular weight excluding hydrogens is 248 g/mol. The molecule has 1 aliphatic carbocycles. The summed E-state index contributed by atoms with van der Waals surface area (Å²) in [6.45, 7) is 0. The minimum absolute atomic E-state index is 0.558. The van der Waals surface area contributed by atoms with Crippen molar-refractivity contribution in [1.29, 1.82) is 0 Å². The molecule has 0 aromatic carbocycles. The third-order valence-electron chi connectivity index (χ3n) is 2.31. The summed E-state index contributed by atoms with van der Waals surface area (Å²) in [6.07, 6.45) is 7.99. The Morgan fingerprint density at radius 1 is 1.46 bits per heavy atom. The molecule has 1 aromatic heterocycles. The Morgan fingerprint density at radius 3 is 2.85 bits per heavy atom. The summed E-state index contributed by atoms with van der Waals surface area (Å²) in [5.74, 6) is 1.16. The van der Waals surface area contributed by atoms with E-state index in [0.717, 1.165) is 16.1 Å². The highest BCUT2D eigenvalue weighted by Gasteiger charge is 2.41. The van der Waals surface area contributed by atoms with Crippen LogP contribution in [-0.4, -0.2) is 21.1 Å². The number of alkyl halides is 1. The van der Waals surface area contributed by atoms with Crippen LogP contribution in [0.3, 0.4) is 0 Å². The molecule has 1 heterocycles. The maximum atomic E-state index is 4.23. The van der Waals surface area contributed by atoms with Crippen LogP contribution in [0.4, 0.5) is 0 Å². The predicted molar refractivity (Wildman–Crippen MR) is 58.2 cm³/mol. The standard InChI is InChI=1S/C9H11BrN2S/c10-6-9(1-2-9)7-13-8-5-11-3-4-12-8/h3-5H,1-2,6-7H2. The lowest BCUT2D eigenvalue weighted by Crippen LogP contribution is -2.05. The van der Waals surface area contributed by atoms with Crippen LogP contribution in [0.5, 0.6) is 0 Å². The number of aromatic nitrogens is 2. The molecule has 1 saturated carbocycles. The van der Waals surface area contributed by atoms with E-state index in [2.05, 4.69) is 25.9 Å². The van der Waals surface area contributed by atoms with E-state index in [-0.39, 0.29) is 0 Å². The highest BCUT2D eigenvalue weighted by Crippen LogP contribution is 2.50. The van der Waals surface area contributed by atoms with Crippen molar-refractivity contribution in [1.82, 2.24) is 9.97 Å². The minimum atomic E-state index is 0.558. The number of hydrogen-bond donors (Lipinski definition) is 0. The molecule has 1 aromatic rings. The zero-order chi connectivity index (χ0) is 9.15. The maximum absolute atomic E-state index is 4.23. The van der Waals surface area contributed by atoms with Crippen LogP contribution < -0.4 is 0 Å². The predicted octanol–water partition coefficient (Wildman–Crippen LogP) is 2.74. The summed E-state index contributed by atoms with van der Waals surface area (Å²) < 4.78 is 0. The van der Waals surface area contributed by atoms with Gasteiger partial charge in [-0.25, -0.2) is 4.98 Å². The smallest absolute Gasteiger partial charge is 0.114 e. The topological polar surface area (TPSA) is 25.8 Å². The normalized spacial score (nSPS) is 18.5. The van der Waals surface area contributed by atoms with Crippen molar-refractivity contribution in [2.75, 3.05) is 11.1 Å². The van der Waals surface area contributed by atoms with E-state index in [9.17, 15) is 0 Å². The zero-order valence-corrected chi connectivity index (χ0v) is 9.64. The molecule has 0 aliphatic heterocycles. The van der Waals surface area contributed by atoms with Gasteiger partial charge < -0.3 is 0 Å². The van der Waals surface area contributed by atoms with Gasteiger partial charge in [-0.2, -0.15) is 0 Å². The fourth-order valence-electron chi connectivity index (χ4n) is 1.08. The lowest BCUT2D eigenvalue weighted by molar-refractivity contribution is 0.685. The van der Waals surface area contributed by atoms with Crippen LogP contribution in [-0.2, 0) is 0 Å². The van der Waals surface area contributed by atoms with Crippen molar-refractivity contribution in [3.8, 4) is 0 Å². The molecule has 0 bridgehead atoms. The van der Waals surface area contributed by atoms with E-state index in [0.29, 0.717) is 5.41 Å². The van der Waals surface area contributed by atoms with Crippen molar-refractivity contribution in [3.63, 3.8) is 0 Å². The summed E-state index contributed by atoms with van der Waals surface area (Å²) in [5, 5.41) is 2.16. The van der Waals surface area contributed by atoms with Gasteiger partial charge in [0.05, 0.1) is 6.20 Å². The van der Waals surface area contributed by atoms with Crippen molar-refractivity contribution in [2.24, 2.45) is 5.41 Å². The van der Waals surface area contributed by atoms with E-state index < -0.39 is 0 Å². The summed E-state index contributed by atoms with van der Waals surface area (Å²) in [4.78, 5) is 8.27. The highest BCUT2D eigenvalue weighted by molar-refractivity contribution is 9.09. The van der Waals surface area contributed by atoms with Crippen LogP contribution in [0.2, 0.25) is 0 Å². The first kappa shape index (κ1) is 9.46. The molecule has 0 amide bonds. The van der Waals surface area contributed by atoms with E-state index in [1.807, 2.05) is 18.0 Å². The maximum Gasteiger partial charge on any atom is 0.114 e. The molecule has 0 spiro atoms. The van der Waals surface area contributed by atoms with Gasteiger partial charge in [0, 0.05) is 23.5 Å². The fourth-order valence-corrected chi connectivity index (χ4v) is 3.22. The van der Waals surface area contributed by atoms with Gasteiger partial charge in [0.15, 0.2) is 0 Å². The molecule has 70 valence electrons. The number of hydrogen-bond acceptors (Lipinski definition) is 3. The first-order valence-electron chi connectivity index (χ1n) is 4.29. The molecule has 2 nitrogen and oxygen atoms in total. The van der Waals surface area contributed by atoms with Gasteiger partial charge >= 0.3 is 0 Å². The zero-order valence-electron chi connectivity index (χ0n) is 7.24. The third-order valence-corrected chi connectivity index (χ3v) is 4.76. The second-order valence-corrected chi connectivity index (χ2v) is 5.02. The lowest BCUT2D eigenvalue weighted by atomic mass is 10.2. The Labute approximate surface area is 90.7 Å². The van der Waals surface area contributed by atoms with Crippen molar-refractivity contribution in [3.05, 3.63) is 18.6 Å². The number of halogens is 1. The van der Waals surface area contributed by atoms with E-state index in [4.69, 9.17) is 0 Å². The third kappa shape index (κ3) is 2.44. The Kier molecular flexibility index (Phi) is 2.89. The van der Waals surface area contributed by atoms with E-state index in [1.54, 1.807) is 12.4 Å². The summed E-state index contributed by atoms with van der Waals surface area (Å²) in [7, 11) is 0. The average molecular weight is 259 g/mol. The molecule has 2 rings (SSSR count). The molecule has 0 N–H and O–H groups in total. The van der Waals surface area contributed by atoms with Crippen LogP contribution in [0, 0.1) is 5.41 Å². The molecule has 0 unspecified atom stereocenters. The monoisotopic (exact) mass is 258 g/mol. The molecule has 0 radical (unpaired) electrons. The van der Waals surface area contributed by atoms with Crippen molar-refractivity contribution in [2.45, 2.75) is 17.9 Å². The summed E-state index contributed by atoms with van der Waals surface area (Å²) in [6, 6.07) is 0. The Balaban J connectivity index is 1.86.